The molecule has 8 heteroatoms. The van der Waals surface area contributed by atoms with Crippen molar-refractivity contribution in [1.29, 1.82) is 0 Å². The third-order valence-corrected chi connectivity index (χ3v) is 6.31. The van der Waals surface area contributed by atoms with Gasteiger partial charge in [0.25, 0.3) is 0 Å². The van der Waals surface area contributed by atoms with Crippen LogP contribution in [0.4, 0.5) is 0 Å². The van der Waals surface area contributed by atoms with Crippen LogP contribution in [-0.4, -0.2) is 47.5 Å². The summed E-state index contributed by atoms with van der Waals surface area (Å²) in [5, 5.41) is 12.7. The molecule has 108 valence electrons. The minimum Gasteiger partial charge on any atom is -0.394 e. The van der Waals surface area contributed by atoms with Crippen molar-refractivity contribution in [2.45, 2.75) is 35.4 Å². The van der Waals surface area contributed by atoms with Crippen molar-refractivity contribution in [3.05, 3.63) is 12.4 Å². The predicted octanol–water partition coefficient (Wildman–Crippen LogP) is 0.439. The van der Waals surface area contributed by atoms with Crippen LogP contribution in [-0.2, 0) is 16.6 Å². The lowest BCUT2D eigenvalue weighted by Crippen LogP contribution is -2.45. The zero-order valence-corrected chi connectivity index (χ0v) is 12.5. The van der Waals surface area contributed by atoms with Crippen LogP contribution in [0.15, 0.2) is 17.3 Å². The molecule has 1 aromatic heterocycles. The number of aliphatic hydroxyl groups excluding tert-OH is 1. The summed E-state index contributed by atoms with van der Waals surface area (Å²) < 4.78 is 28.4. The highest BCUT2D eigenvalue weighted by Gasteiger charge is 2.37. The molecule has 0 atom stereocenters. The van der Waals surface area contributed by atoms with Crippen molar-refractivity contribution in [3.8, 4) is 0 Å². The molecule has 2 N–H and O–H groups in total. The van der Waals surface area contributed by atoms with E-state index in [0.29, 0.717) is 13.1 Å². The van der Waals surface area contributed by atoms with E-state index in [1.165, 1.54) is 17.1 Å². The zero-order valence-electron chi connectivity index (χ0n) is 10.9. The van der Waals surface area contributed by atoms with Crippen LogP contribution in [0, 0.1) is 0 Å². The first-order chi connectivity index (χ1) is 9.01. The maximum atomic E-state index is 12.1. The summed E-state index contributed by atoms with van der Waals surface area (Å²) in [6.45, 7) is 0.691. The van der Waals surface area contributed by atoms with Gasteiger partial charge in [0, 0.05) is 17.5 Å². The van der Waals surface area contributed by atoms with Crippen LogP contribution in [0.5, 0.6) is 0 Å². The smallest absolute Gasteiger partial charge is 0.243 e. The number of hydrogen-bond acceptors (Lipinski definition) is 5. The van der Waals surface area contributed by atoms with Crippen molar-refractivity contribution in [2.75, 3.05) is 19.4 Å². The van der Waals surface area contributed by atoms with E-state index in [0.717, 1.165) is 19.3 Å². The Morgan fingerprint density at radius 1 is 1.58 bits per heavy atom. The highest BCUT2D eigenvalue weighted by molar-refractivity contribution is 8.00. The van der Waals surface area contributed by atoms with E-state index in [1.807, 2.05) is 6.26 Å². The predicted molar refractivity (Wildman–Crippen MR) is 74.6 cm³/mol. The van der Waals surface area contributed by atoms with Gasteiger partial charge in [-0.25, -0.2) is 13.1 Å². The molecular formula is C11H19N3O3S2. The van der Waals surface area contributed by atoms with E-state index >= 15 is 0 Å². The Hall–Kier alpha value is -0.570. The second-order valence-electron chi connectivity index (χ2n) is 4.73. The molecule has 2 rings (SSSR count). The molecular weight excluding hydrogens is 286 g/mol. The second-order valence-corrected chi connectivity index (χ2v) is 7.77. The van der Waals surface area contributed by atoms with Gasteiger partial charge in [-0.1, -0.05) is 6.42 Å². The molecule has 1 aromatic rings. The largest absolute Gasteiger partial charge is 0.394 e. The Balaban J connectivity index is 2.01. The van der Waals surface area contributed by atoms with Crippen LogP contribution in [0.2, 0.25) is 0 Å². The number of rotatable bonds is 7. The fourth-order valence-electron chi connectivity index (χ4n) is 2.04. The number of aromatic nitrogens is 2. The third-order valence-electron chi connectivity index (χ3n) is 3.53. The lowest BCUT2D eigenvalue weighted by Gasteiger charge is -2.40. The fraction of sp³-hybridized carbons (Fsp3) is 0.727. The van der Waals surface area contributed by atoms with Crippen molar-refractivity contribution in [1.82, 2.24) is 14.5 Å². The molecule has 0 bridgehead atoms. The zero-order chi connectivity index (χ0) is 13.9. The van der Waals surface area contributed by atoms with Gasteiger partial charge in [0.05, 0.1) is 19.3 Å². The molecule has 1 saturated carbocycles. The second kappa shape index (κ2) is 5.82. The molecule has 19 heavy (non-hydrogen) atoms. The van der Waals surface area contributed by atoms with Crippen LogP contribution >= 0.6 is 11.8 Å². The van der Waals surface area contributed by atoms with E-state index in [-0.39, 0.29) is 16.2 Å². The molecule has 0 aromatic carbocycles. The minimum atomic E-state index is -3.51. The van der Waals surface area contributed by atoms with Crippen LogP contribution in [0.3, 0.4) is 0 Å². The number of aliphatic hydroxyl groups is 1. The number of thioether (sulfide) groups is 1. The molecule has 6 nitrogen and oxygen atoms in total. The van der Waals surface area contributed by atoms with E-state index in [1.54, 1.807) is 11.8 Å². The number of nitrogens with zero attached hydrogens (tertiary/aromatic N) is 2. The van der Waals surface area contributed by atoms with Gasteiger partial charge in [-0.15, -0.1) is 0 Å². The maximum Gasteiger partial charge on any atom is 0.243 e. The van der Waals surface area contributed by atoms with Crippen molar-refractivity contribution >= 4 is 21.8 Å². The quantitative estimate of drug-likeness (QED) is 0.763. The first-order valence-electron chi connectivity index (χ1n) is 6.19. The maximum absolute atomic E-state index is 12.1. The molecule has 0 aliphatic heterocycles. The van der Waals surface area contributed by atoms with E-state index in [9.17, 15) is 8.42 Å². The highest BCUT2D eigenvalue weighted by atomic mass is 32.2. The van der Waals surface area contributed by atoms with Crippen molar-refractivity contribution in [3.63, 3.8) is 0 Å². The number of hydrogen-bond donors (Lipinski definition) is 2. The number of sulfonamides is 1. The molecule has 0 spiro atoms. The standard InChI is InChI=1S/C11H19N3O3S2/c1-18-11(3-2-4-11)9-13-19(16,17)10-7-12-14(8-10)5-6-15/h7-8,13,15H,2-6,9H2,1H3. The van der Waals surface area contributed by atoms with Crippen LogP contribution < -0.4 is 4.72 Å². The fourth-order valence-corrected chi connectivity index (χ4v) is 4.13. The van der Waals surface area contributed by atoms with E-state index in [2.05, 4.69) is 9.82 Å². The molecule has 1 aliphatic carbocycles. The Morgan fingerprint density at radius 2 is 2.32 bits per heavy atom. The monoisotopic (exact) mass is 305 g/mol. The van der Waals surface area contributed by atoms with Gasteiger partial charge in [0.2, 0.25) is 10.0 Å². The molecule has 1 heterocycles. The first kappa shape index (κ1) is 14.8. The van der Waals surface area contributed by atoms with Gasteiger partial charge in [-0.05, 0) is 19.1 Å². The Morgan fingerprint density at radius 3 is 2.84 bits per heavy atom. The van der Waals surface area contributed by atoms with Crippen LogP contribution in [0.25, 0.3) is 0 Å². The Kier molecular flexibility index (Phi) is 4.54. The Labute approximate surface area is 117 Å². The van der Waals surface area contributed by atoms with Gasteiger partial charge >= 0.3 is 0 Å². The third kappa shape index (κ3) is 3.31. The lowest BCUT2D eigenvalue weighted by molar-refractivity contribution is 0.269. The molecule has 1 fully saturated rings. The molecule has 0 unspecified atom stereocenters. The van der Waals surface area contributed by atoms with Crippen molar-refractivity contribution < 1.29 is 13.5 Å². The summed E-state index contributed by atoms with van der Waals surface area (Å²) in [7, 11) is -3.51. The van der Waals surface area contributed by atoms with Crippen LogP contribution in [0.1, 0.15) is 19.3 Å². The summed E-state index contributed by atoms with van der Waals surface area (Å²) in [5.41, 5.74) is 0. The van der Waals surface area contributed by atoms with Gasteiger partial charge < -0.3 is 5.11 Å². The molecule has 0 radical (unpaired) electrons. The van der Waals surface area contributed by atoms with Gasteiger partial charge in [0.15, 0.2) is 0 Å². The average Bonchev–Trinajstić information content (AvgIpc) is 2.78. The average molecular weight is 305 g/mol. The summed E-state index contributed by atoms with van der Waals surface area (Å²) in [5.74, 6) is 0. The topological polar surface area (TPSA) is 84.2 Å². The number of nitrogens with one attached hydrogen (secondary N) is 1. The summed E-state index contributed by atoms with van der Waals surface area (Å²) in [6, 6.07) is 0. The summed E-state index contributed by atoms with van der Waals surface area (Å²) >= 11 is 1.73. The van der Waals surface area contributed by atoms with E-state index in [4.69, 9.17) is 5.11 Å². The molecule has 0 amide bonds. The SMILES string of the molecule is CSC1(CNS(=O)(=O)c2cnn(CCO)c2)CCC1. The first-order valence-corrected chi connectivity index (χ1v) is 8.90. The normalized spacial score (nSPS) is 18.2. The van der Waals surface area contributed by atoms with E-state index < -0.39 is 10.0 Å². The highest BCUT2D eigenvalue weighted by Crippen LogP contribution is 2.42. The summed E-state index contributed by atoms with van der Waals surface area (Å²) in [6.07, 6.45) is 8.04. The Bertz CT molecular complexity index is 518. The minimum absolute atomic E-state index is 0.0637. The van der Waals surface area contributed by atoms with Crippen molar-refractivity contribution in [2.24, 2.45) is 0 Å². The summed E-state index contributed by atoms with van der Waals surface area (Å²) in [4.78, 5) is 0.150. The van der Waals surface area contributed by atoms with Gasteiger partial charge in [-0.3, -0.25) is 4.68 Å². The van der Waals surface area contributed by atoms with Gasteiger partial charge in [-0.2, -0.15) is 16.9 Å². The molecule has 1 aliphatic rings. The van der Waals surface area contributed by atoms with Gasteiger partial charge in [0.1, 0.15) is 4.90 Å². The lowest BCUT2D eigenvalue weighted by atomic mass is 9.84. The molecule has 0 saturated heterocycles.